The molecule has 1 aromatic heterocycles. The van der Waals surface area contributed by atoms with Gasteiger partial charge in [0, 0.05) is 6.04 Å². The number of nitrogens with zero attached hydrogens (tertiary/aromatic N) is 2. The standard InChI is InChI=1S/C9H8BrF5N2O/c1-4(2)17-6(5(10)3-16-17)7(18)8(11,12)9(13,14)15/h3-4H,1-2H3. The average Bonchev–Trinajstić information content (AvgIpc) is 2.57. The molecule has 0 radical (unpaired) electrons. The fourth-order valence-electron chi connectivity index (χ4n) is 1.22. The van der Waals surface area contributed by atoms with Crippen molar-refractivity contribution in [2.75, 3.05) is 0 Å². The third-order valence-corrected chi connectivity index (χ3v) is 2.68. The second kappa shape index (κ2) is 4.60. The summed E-state index contributed by atoms with van der Waals surface area (Å²) < 4.78 is 62.9. The number of carbonyl (C=O) groups excluding carboxylic acids is 1. The van der Waals surface area contributed by atoms with Crippen molar-refractivity contribution < 1.29 is 26.7 Å². The maximum absolute atomic E-state index is 13.0. The zero-order valence-electron chi connectivity index (χ0n) is 9.23. The van der Waals surface area contributed by atoms with Crippen LogP contribution in [0.5, 0.6) is 0 Å². The van der Waals surface area contributed by atoms with Crippen LogP contribution in [0.1, 0.15) is 30.4 Å². The van der Waals surface area contributed by atoms with E-state index in [4.69, 9.17) is 0 Å². The van der Waals surface area contributed by atoms with Gasteiger partial charge in [0.1, 0.15) is 5.69 Å². The first-order valence-corrected chi connectivity index (χ1v) is 5.51. The lowest BCUT2D eigenvalue weighted by atomic mass is 10.1. The highest BCUT2D eigenvalue weighted by Crippen LogP contribution is 2.39. The number of rotatable bonds is 3. The summed E-state index contributed by atoms with van der Waals surface area (Å²) in [5.74, 6) is -7.77. The fraction of sp³-hybridized carbons (Fsp3) is 0.556. The molecule has 9 heteroatoms. The van der Waals surface area contributed by atoms with Crippen LogP contribution < -0.4 is 0 Å². The molecule has 0 spiro atoms. The number of alkyl halides is 5. The van der Waals surface area contributed by atoms with Gasteiger partial charge in [-0.2, -0.15) is 27.1 Å². The molecule has 0 saturated carbocycles. The Bertz CT molecular complexity index is 466. The molecule has 0 aliphatic heterocycles. The molecule has 0 aliphatic rings. The summed E-state index contributed by atoms with van der Waals surface area (Å²) in [5, 5.41) is 3.58. The molecule has 0 bridgehead atoms. The predicted octanol–water partition coefficient (Wildman–Crippen LogP) is 3.61. The lowest BCUT2D eigenvalue weighted by molar-refractivity contribution is -0.256. The number of carbonyl (C=O) groups is 1. The van der Waals surface area contributed by atoms with Crippen LogP contribution in [0.25, 0.3) is 0 Å². The molecule has 0 aliphatic carbocycles. The van der Waals surface area contributed by atoms with E-state index >= 15 is 0 Å². The van der Waals surface area contributed by atoms with Crippen molar-refractivity contribution in [3.05, 3.63) is 16.4 Å². The van der Waals surface area contributed by atoms with Crippen LogP contribution in [0.15, 0.2) is 10.7 Å². The topological polar surface area (TPSA) is 34.9 Å². The van der Waals surface area contributed by atoms with E-state index in [1.165, 1.54) is 13.8 Å². The molecule has 1 aromatic rings. The molecule has 0 aromatic carbocycles. The highest BCUT2D eigenvalue weighted by Gasteiger charge is 2.64. The van der Waals surface area contributed by atoms with Crippen LogP contribution in [0, 0.1) is 0 Å². The van der Waals surface area contributed by atoms with E-state index in [0.29, 0.717) is 0 Å². The first-order valence-electron chi connectivity index (χ1n) is 4.72. The zero-order valence-corrected chi connectivity index (χ0v) is 10.8. The Hall–Kier alpha value is -0.990. The molecule has 0 atom stereocenters. The molecule has 0 unspecified atom stereocenters. The van der Waals surface area contributed by atoms with Crippen molar-refractivity contribution in [1.29, 1.82) is 0 Å². The van der Waals surface area contributed by atoms with Gasteiger partial charge in [-0.25, -0.2) is 0 Å². The molecule has 0 amide bonds. The highest BCUT2D eigenvalue weighted by atomic mass is 79.9. The van der Waals surface area contributed by atoms with Gasteiger partial charge in [0.25, 0.3) is 5.78 Å². The van der Waals surface area contributed by atoms with E-state index in [2.05, 4.69) is 21.0 Å². The summed E-state index contributed by atoms with van der Waals surface area (Å²) in [4.78, 5) is 11.4. The normalized spacial score (nSPS) is 13.2. The Morgan fingerprint density at radius 3 is 2.22 bits per heavy atom. The van der Waals surface area contributed by atoms with E-state index < -0.39 is 29.6 Å². The minimum Gasteiger partial charge on any atom is -0.285 e. The Morgan fingerprint density at radius 2 is 1.83 bits per heavy atom. The summed E-state index contributed by atoms with van der Waals surface area (Å²) in [6.07, 6.45) is -4.94. The second-order valence-electron chi connectivity index (χ2n) is 3.78. The quantitative estimate of drug-likeness (QED) is 0.625. The SMILES string of the molecule is CC(C)n1ncc(Br)c1C(=O)C(F)(F)C(F)(F)F. The number of Topliss-reactive ketones (excluding diaryl/α,β-unsaturated/α-hetero) is 1. The minimum atomic E-state index is -5.93. The van der Waals surface area contributed by atoms with Crippen molar-refractivity contribution >= 4 is 21.7 Å². The summed E-state index contributed by atoms with van der Waals surface area (Å²) >= 11 is 2.74. The van der Waals surface area contributed by atoms with Gasteiger partial charge in [0.2, 0.25) is 0 Å². The van der Waals surface area contributed by atoms with Crippen LogP contribution in [0.2, 0.25) is 0 Å². The van der Waals surface area contributed by atoms with Crippen molar-refractivity contribution in [2.24, 2.45) is 0 Å². The van der Waals surface area contributed by atoms with Crippen LogP contribution in [-0.2, 0) is 0 Å². The molecule has 102 valence electrons. The van der Waals surface area contributed by atoms with Crippen molar-refractivity contribution in [3.63, 3.8) is 0 Å². The van der Waals surface area contributed by atoms with Gasteiger partial charge >= 0.3 is 12.1 Å². The maximum atomic E-state index is 13.0. The summed E-state index contributed by atoms with van der Waals surface area (Å²) in [6.45, 7) is 3.00. The van der Waals surface area contributed by atoms with Crippen molar-refractivity contribution in [1.82, 2.24) is 9.78 Å². The Morgan fingerprint density at radius 1 is 1.33 bits per heavy atom. The van der Waals surface area contributed by atoms with Crippen LogP contribution >= 0.6 is 15.9 Å². The molecule has 0 saturated heterocycles. The van der Waals surface area contributed by atoms with Gasteiger partial charge in [-0.05, 0) is 29.8 Å². The fourth-order valence-corrected chi connectivity index (χ4v) is 1.68. The zero-order chi connectivity index (χ0) is 14.3. The number of aromatic nitrogens is 2. The van der Waals surface area contributed by atoms with Gasteiger partial charge in [-0.3, -0.25) is 9.48 Å². The number of ketones is 1. The summed E-state index contributed by atoms with van der Waals surface area (Å²) in [7, 11) is 0. The maximum Gasteiger partial charge on any atom is 0.461 e. The summed E-state index contributed by atoms with van der Waals surface area (Å²) in [6, 6.07) is -0.528. The second-order valence-corrected chi connectivity index (χ2v) is 4.64. The van der Waals surface area contributed by atoms with Crippen molar-refractivity contribution in [2.45, 2.75) is 32.0 Å². The lowest BCUT2D eigenvalue weighted by Crippen LogP contribution is -2.45. The number of hydrogen-bond donors (Lipinski definition) is 0. The Balaban J connectivity index is 3.32. The molecule has 0 fully saturated rings. The van der Waals surface area contributed by atoms with E-state index in [1.807, 2.05) is 0 Å². The van der Waals surface area contributed by atoms with Crippen LogP contribution in [0.4, 0.5) is 22.0 Å². The minimum absolute atomic E-state index is 0.204. The first-order chi connectivity index (χ1) is 8.00. The van der Waals surface area contributed by atoms with E-state index in [0.717, 1.165) is 10.9 Å². The Labute approximate surface area is 107 Å². The third kappa shape index (κ3) is 2.40. The summed E-state index contributed by atoms with van der Waals surface area (Å²) in [5.41, 5.74) is -0.799. The molecule has 0 N–H and O–H groups in total. The molecule has 18 heavy (non-hydrogen) atoms. The van der Waals surface area contributed by atoms with E-state index in [-0.39, 0.29) is 4.47 Å². The average molecular weight is 335 g/mol. The molecule has 1 rings (SSSR count). The molecule has 3 nitrogen and oxygen atoms in total. The largest absolute Gasteiger partial charge is 0.461 e. The monoisotopic (exact) mass is 334 g/mol. The van der Waals surface area contributed by atoms with Gasteiger partial charge in [0.15, 0.2) is 0 Å². The van der Waals surface area contributed by atoms with Gasteiger partial charge in [0.05, 0.1) is 10.7 Å². The van der Waals surface area contributed by atoms with Crippen LogP contribution in [-0.4, -0.2) is 27.7 Å². The highest BCUT2D eigenvalue weighted by molar-refractivity contribution is 9.10. The third-order valence-electron chi connectivity index (χ3n) is 2.10. The van der Waals surface area contributed by atoms with E-state index in [1.54, 1.807) is 0 Å². The van der Waals surface area contributed by atoms with Gasteiger partial charge in [-0.15, -0.1) is 0 Å². The van der Waals surface area contributed by atoms with Gasteiger partial charge < -0.3 is 0 Å². The molecular formula is C9H8BrF5N2O. The number of hydrogen-bond acceptors (Lipinski definition) is 2. The first kappa shape index (κ1) is 15.1. The molecular weight excluding hydrogens is 327 g/mol. The van der Waals surface area contributed by atoms with Crippen LogP contribution in [0.3, 0.4) is 0 Å². The number of halogens is 6. The lowest BCUT2D eigenvalue weighted by Gasteiger charge is -2.19. The predicted molar refractivity (Wildman–Crippen MR) is 55.6 cm³/mol. The van der Waals surface area contributed by atoms with Crippen molar-refractivity contribution in [3.8, 4) is 0 Å². The smallest absolute Gasteiger partial charge is 0.285 e. The van der Waals surface area contributed by atoms with E-state index in [9.17, 15) is 26.7 Å². The van der Waals surface area contributed by atoms with Gasteiger partial charge in [-0.1, -0.05) is 0 Å². The Kier molecular flexibility index (Phi) is 3.85. The molecule has 1 heterocycles.